The molecule has 3 nitrogen and oxygen atoms in total. The van der Waals surface area contributed by atoms with Gasteiger partial charge in [-0.3, -0.25) is 9.69 Å². The number of rotatable bonds is 2. The molecule has 1 amide bonds. The van der Waals surface area contributed by atoms with E-state index in [1.165, 1.54) is 19.4 Å². The summed E-state index contributed by atoms with van der Waals surface area (Å²) in [6.45, 7) is 8.65. The van der Waals surface area contributed by atoms with Crippen LogP contribution in [0.4, 0.5) is 0 Å². The average Bonchev–Trinajstić information content (AvgIpc) is 2.18. The van der Waals surface area contributed by atoms with Crippen molar-refractivity contribution in [2.24, 2.45) is 0 Å². The molecule has 0 spiro atoms. The predicted molar refractivity (Wildman–Crippen MR) is 60.7 cm³/mol. The maximum absolute atomic E-state index is 11.6. The number of hydrogen-bond acceptors (Lipinski definition) is 2. The Hall–Kier alpha value is -0.570. The molecule has 0 aromatic heterocycles. The summed E-state index contributed by atoms with van der Waals surface area (Å²) in [6.07, 6.45) is 3.11. The van der Waals surface area contributed by atoms with Crippen LogP contribution in [0.25, 0.3) is 0 Å². The lowest BCUT2D eigenvalue weighted by atomic mass is 9.85. The fourth-order valence-corrected chi connectivity index (χ4v) is 2.98. The van der Waals surface area contributed by atoms with Gasteiger partial charge in [-0.25, -0.2) is 0 Å². The monoisotopic (exact) mass is 210 g/mol. The first-order chi connectivity index (χ1) is 7.15. The fraction of sp³-hybridized carbons (Fsp3) is 0.917. The number of carbonyl (C=O) groups is 1. The lowest BCUT2D eigenvalue weighted by molar-refractivity contribution is -0.150. The lowest BCUT2D eigenvalue weighted by Gasteiger charge is -2.56. The van der Waals surface area contributed by atoms with E-state index < -0.39 is 0 Å². The molecule has 0 aromatic carbocycles. The van der Waals surface area contributed by atoms with Crippen molar-refractivity contribution < 1.29 is 4.79 Å². The van der Waals surface area contributed by atoms with Gasteiger partial charge in [0.25, 0.3) is 0 Å². The summed E-state index contributed by atoms with van der Waals surface area (Å²) in [6, 6.07) is 1.79. The Balaban J connectivity index is 1.98. The van der Waals surface area contributed by atoms with Crippen LogP contribution < -0.4 is 0 Å². The fourth-order valence-electron chi connectivity index (χ4n) is 2.98. The molecule has 2 heterocycles. The van der Waals surface area contributed by atoms with Crippen LogP contribution in [-0.4, -0.2) is 46.9 Å². The van der Waals surface area contributed by atoms with E-state index in [0.29, 0.717) is 30.5 Å². The van der Waals surface area contributed by atoms with Crippen LogP contribution in [0.15, 0.2) is 0 Å². The summed E-state index contributed by atoms with van der Waals surface area (Å²) in [5.74, 6) is 0.335. The number of hydrogen-bond donors (Lipinski definition) is 0. The summed E-state index contributed by atoms with van der Waals surface area (Å²) in [7, 11) is 0. The van der Waals surface area contributed by atoms with Crippen LogP contribution in [-0.2, 0) is 4.79 Å². The van der Waals surface area contributed by atoms with Crippen LogP contribution in [0.2, 0.25) is 0 Å². The Kier molecular flexibility index (Phi) is 3.01. The third-order valence-electron chi connectivity index (χ3n) is 3.86. The predicted octanol–water partition coefficient (Wildman–Crippen LogP) is 1.48. The van der Waals surface area contributed by atoms with E-state index in [0.717, 1.165) is 6.54 Å². The molecular weight excluding hydrogens is 188 g/mol. The van der Waals surface area contributed by atoms with Crippen molar-refractivity contribution in [2.45, 2.75) is 58.2 Å². The molecule has 86 valence electrons. The number of amides is 1. The van der Waals surface area contributed by atoms with E-state index in [2.05, 4.69) is 23.6 Å². The molecule has 2 aliphatic rings. The van der Waals surface area contributed by atoms with E-state index in [9.17, 15) is 4.79 Å². The Bertz CT molecular complexity index is 252. The van der Waals surface area contributed by atoms with Crippen molar-refractivity contribution in [1.29, 1.82) is 0 Å². The van der Waals surface area contributed by atoms with E-state index >= 15 is 0 Å². The molecule has 0 aromatic rings. The van der Waals surface area contributed by atoms with Crippen molar-refractivity contribution >= 4 is 5.91 Å². The van der Waals surface area contributed by atoms with Gasteiger partial charge in [0.2, 0.25) is 5.91 Å². The van der Waals surface area contributed by atoms with Crippen LogP contribution >= 0.6 is 0 Å². The second-order valence-corrected chi connectivity index (χ2v) is 5.01. The van der Waals surface area contributed by atoms with Crippen LogP contribution in [0, 0.1) is 0 Å². The van der Waals surface area contributed by atoms with E-state index in [1.54, 1.807) is 0 Å². The highest BCUT2D eigenvalue weighted by Crippen LogP contribution is 2.32. The van der Waals surface area contributed by atoms with Gasteiger partial charge < -0.3 is 4.90 Å². The molecule has 2 atom stereocenters. The number of nitrogens with zero attached hydrogens (tertiary/aromatic N) is 2. The average molecular weight is 210 g/mol. The molecular formula is C12H22N2O. The maximum Gasteiger partial charge on any atom is 0.222 e. The Morgan fingerprint density at radius 2 is 2.13 bits per heavy atom. The third-order valence-corrected chi connectivity index (χ3v) is 3.86. The molecule has 0 saturated carbocycles. The van der Waals surface area contributed by atoms with E-state index in [4.69, 9.17) is 0 Å². The Morgan fingerprint density at radius 3 is 2.73 bits per heavy atom. The maximum atomic E-state index is 11.6. The van der Waals surface area contributed by atoms with E-state index in [-0.39, 0.29) is 0 Å². The summed E-state index contributed by atoms with van der Waals surface area (Å²) < 4.78 is 0. The van der Waals surface area contributed by atoms with Gasteiger partial charge in [0.05, 0.1) is 0 Å². The second-order valence-electron chi connectivity index (χ2n) is 5.01. The third kappa shape index (κ3) is 1.78. The largest absolute Gasteiger partial charge is 0.336 e. The minimum absolute atomic E-state index is 0.335. The van der Waals surface area contributed by atoms with Crippen molar-refractivity contribution in [3.05, 3.63) is 0 Å². The zero-order valence-electron chi connectivity index (χ0n) is 10.1. The molecule has 2 rings (SSSR count). The Morgan fingerprint density at radius 1 is 1.40 bits per heavy atom. The van der Waals surface area contributed by atoms with Crippen molar-refractivity contribution in [3.63, 3.8) is 0 Å². The lowest BCUT2D eigenvalue weighted by Crippen LogP contribution is -2.71. The summed E-state index contributed by atoms with van der Waals surface area (Å²) in [4.78, 5) is 16.3. The topological polar surface area (TPSA) is 23.6 Å². The number of carbonyl (C=O) groups excluding carboxylic acids is 1. The summed E-state index contributed by atoms with van der Waals surface area (Å²) in [5, 5.41) is 0. The highest BCUT2D eigenvalue weighted by Gasteiger charge is 2.46. The van der Waals surface area contributed by atoms with Gasteiger partial charge in [-0.15, -0.1) is 0 Å². The molecule has 0 radical (unpaired) electrons. The number of fused-ring (bicyclic) bond motifs is 1. The van der Waals surface area contributed by atoms with Crippen LogP contribution in [0.3, 0.4) is 0 Å². The molecule has 2 aliphatic heterocycles. The quantitative estimate of drug-likeness (QED) is 0.689. The van der Waals surface area contributed by atoms with Crippen molar-refractivity contribution in [1.82, 2.24) is 9.80 Å². The highest BCUT2D eigenvalue weighted by molar-refractivity contribution is 5.77. The summed E-state index contributed by atoms with van der Waals surface area (Å²) >= 11 is 0. The van der Waals surface area contributed by atoms with Gasteiger partial charge in [0.1, 0.15) is 0 Å². The summed E-state index contributed by atoms with van der Waals surface area (Å²) in [5.41, 5.74) is 0. The first-order valence-electron chi connectivity index (χ1n) is 6.20. The number of likely N-dealkylation sites (tertiary alicyclic amines) is 2. The zero-order valence-corrected chi connectivity index (χ0v) is 10.1. The molecule has 0 N–H and O–H groups in total. The molecule has 2 saturated heterocycles. The minimum Gasteiger partial charge on any atom is -0.336 e. The minimum atomic E-state index is 0.335. The van der Waals surface area contributed by atoms with Gasteiger partial charge in [0, 0.05) is 31.1 Å². The molecule has 2 unspecified atom stereocenters. The molecule has 15 heavy (non-hydrogen) atoms. The van der Waals surface area contributed by atoms with Gasteiger partial charge in [-0.1, -0.05) is 6.92 Å². The first-order valence-corrected chi connectivity index (χ1v) is 6.20. The normalized spacial score (nSPS) is 31.3. The smallest absolute Gasteiger partial charge is 0.222 e. The van der Waals surface area contributed by atoms with Gasteiger partial charge in [-0.2, -0.15) is 0 Å². The van der Waals surface area contributed by atoms with Gasteiger partial charge >= 0.3 is 0 Å². The van der Waals surface area contributed by atoms with Gasteiger partial charge in [0.15, 0.2) is 0 Å². The first kappa shape index (κ1) is 10.9. The zero-order chi connectivity index (χ0) is 11.0. The standard InChI is InChI=1S/C12H22N2O/c1-4-12(15)14-8-11-10(14)6-5-7-13(11)9(2)3/h9-11H,4-8H2,1-3H3. The molecule has 3 heteroatoms. The van der Waals surface area contributed by atoms with Crippen LogP contribution in [0.5, 0.6) is 0 Å². The van der Waals surface area contributed by atoms with Crippen LogP contribution in [0.1, 0.15) is 40.0 Å². The SMILES string of the molecule is CCC(=O)N1CC2C1CCCN2C(C)C. The highest BCUT2D eigenvalue weighted by atomic mass is 16.2. The van der Waals surface area contributed by atoms with Gasteiger partial charge in [-0.05, 0) is 33.2 Å². The second kappa shape index (κ2) is 4.12. The van der Waals surface area contributed by atoms with Crippen molar-refractivity contribution in [2.75, 3.05) is 13.1 Å². The molecule has 0 aliphatic carbocycles. The van der Waals surface area contributed by atoms with Crippen molar-refractivity contribution in [3.8, 4) is 0 Å². The molecule has 0 bridgehead atoms. The van der Waals surface area contributed by atoms with E-state index in [1.807, 2.05) is 6.92 Å². The molecule has 2 fully saturated rings. The number of piperidine rings is 1. The Labute approximate surface area is 92.4 Å².